The van der Waals surface area contributed by atoms with Gasteiger partial charge in [-0.2, -0.15) is 0 Å². The van der Waals surface area contributed by atoms with Crippen LogP contribution in [0.2, 0.25) is 0 Å². The molecule has 5 aliphatic rings. The van der Waals surface area contributed by atoms with Crippen molar-refractivity contribution in [1.82, 2.24) is 10.4 Å². The van der Waals surface area contributed by atoms with Crippen LogP contribution in [0.15, 0.2) is 0 Å². The number of nitrogens with zero attached hydrogens (tertiary/aromatic N) is 1. The number of hydrogen-bond donors (Lipinski definition) is 2. The van der Waals surface area contributed by atoms with Crippen molar-refractivity contribution in [1.29, 1.82) is 0 Å². The average Bonchev–Trinajstić information content (AvgIpc) is 2.82. The van der Waals surface area contributed by atoms with Crippen molar-refractivity contribution < 1.29 is 19.6 Å². The fourth-order valence-corrected chi connectivity index (χ4v) is 12.0. The Kier molecular flexibility index (Phi) is 6.55. The minimum Gasteiger partial charge on any atom is -0.353 e. The number of fused-ring (bicyclic) bond motifs is 7. The molecule has 0 saturated heterocycles. The van der Waals surface area contributed by atoms with Crippen molar-refractivity contribution in [3.8, 4) is 0 Å². The zero-order valence-corrected chi connectivity index (χ0v) is 26.1. The first-order valence-electron chi connectivity index (χ1n) is 15.6. The van der Waals surface area contributed by atoms with Crippen LogP contribution in [0.25, 0.3) is 0 Å². The third-order valence-electron chi connectivity index (χ3n) is 14.4. The van der Waals surface area contributed by atoms with E-state index in [-0.39, 0.29) is 56.8 Å². The molecule has 220 valence electrons. The number of carbonyl (C=O) groups excluding carboxylic acids is 3. The molecule has 6 nitrogen and oxygen atoms in total. The highest BCUT2D eigenvalue weighted by atomic mass is 16.5. The quantitative estimate of drug-likeness (QED) is 0.312. The minimum absolute atomic E-state index is 0.0343. The van der Waals surface area contributed by atoms with Crippen LogP contribution < -0.4 is 5.32 Å². The van der Waals surface area contributed by atoms with E-state index in [1.165, 1.54) is 7.05 Å². The number of carbonyl (C=O) groups is 3. The van der Waals surface area contributed by atoms with Crippen LogP contribution in [0.4, 0.5) is 0 Å². The van der Waals surface area contributed by atoms with Gasteiger partial charge in [-0.3, -0.25) is 19.6 Å². The molecule has 0 aromatic carbocycles. The molecule has 0 aliphatic heterocycles. The molecule has 2 amide bonds. The SMILES string of the molecule is CC(=O)N[C@H]1CC[C@@]2(C)C(CC[C@]3(C)[C@@H]2C(=O)C[C@@H]2[C@H]4C[C@@](C)(C(=O)N(C)O)CC[C@]4(C)CC[C@]23C)C1(C)C. The first kappa shape index (κ1) is 29.1. The van der Waals surface area contributed by atoms with Crippen molar-refractivity contribution in [2.75, 3.05) is 7.05 Å². The highest BCUT2D eigenvalue weighted by molar-refractivity contribution is 5.85. The second kappa shape index (κ2) is 8.79. The summed E-state index contributed by atoms with van der Waals surface area (Å²) in [5.74, 6) is 1.30. The van der Waals surface area contributed by atoms with Crippen LogP contribution in [0.1, 0.15) is 120 Å². The van der Waals surface area contributed by atoms with E-state index in [1.54, 1.807) is 6.92 Å². The second-order valence-corrected chi connectivity index (χ2v) is 16.6. The monoisotopic (exact) mass is 542 g/mol. The molecular formula is C33H54N2O4. The molecule has 0 bridgehead atoms. The molecule has 5 saturated carbocycles. The van der Waals surface area contributed by atoms with Gasteiger partial charge < -0.3 is 5.32 Å². The molecule has 10 atom stereocenters. The number of rotatable bonds is 2. The Hall–Kier alpha value is -1.43. The maximum absolute atomic E-state index is 14.6. The minimum atomic E-state index is -0.581. The van der Waals surface area contributed by atoms with Crippen LogP contribution in [0.5, 0.6) is 0 Å². The molecule has 2 N–H and O–H groups in total. The number of nitrogens with one attached hydrogen (secondary N) is 1. The summed E-state index contributed by atoms with van der Waals surface area (Å²) >= 11 is 0. The third-order valence-corrected chi connectivity index (χ3v) is 14.4. The summed E-state index contributed by atoms with van der Waals surface area (Å²) in [5.41, 5.74) is -0.626. The number of amides is 2. The van der Waals surface area contributed by atoms with Crippen LogP contribution in [0, 0.1) is 56.2 Å². The van der Waals surface area contributed by atoms with Crippen molar-refractivity contribution in [3.05, 3.63) is 0 Å². The molecule has 5 fully saturated rings. The first-order valence-corrected chi connectivity index (χ1v) is 15.6. The Balaban J connectivity index is 1.52. The predicted octanol–water partition coefficient (Wildman–Crippen LogP) is 6.40. The van der Waals surface area contributed by atoms with E-state index in [2.05, 4.69) is 46.9 Å². The topological polar surface area (TPSA) is 86.7 Å². The summed E-state index contributed by atoms with van der Waals surface area (Å²) < 4.78 is 0. The molecule has 0 heterocycles. The summed E-state index contributed by atoms with van der Waals surface area (Å²) in [6.45, 7) is 18.1. The lowest BCUT2D eigenvalue weighted by Gasteiger charge is -2.73. The summed E-state index contributed by atoms with van der Waals surface area (Å²) in [6.07, 6.45) is 9.50. The van der Waals surface area contributed by atoms with Crippen LogP contribution in [0.3, 0.4) is 0 Å². The largest absolute Gasteiger partial charge is 0.353 e. The Bertz CT molecular complexity index is 1070. The standard InChI is InChI=1S/C33H54N2O4/c1-20(36)34-25-11-12-31(6)24(28(25,2)3)10-13-33(8)26(31)23(37)18-21-22-19-30(5,27(38)35(9)39)15-14-29(22,4)16-17-32(21,33)7/h21-22,24-26,39H,10-19H2,1-9H3,(H,34,36)/t21-,22-,24?,25+,26-,29-,30+,31+,32-,33-/m1/s1. The number of Topliss-reactive ketones (excluding diaryl/α,β-unsaturated/α-hetero) is 1. The Morgan fingerprint density at radius 3 is 2.13 bits per heavy atom. The van der Waals surface area contributed by atoms with Gasteiger partial charge in [-0.1, -0.05) is 48.5 Å². The first-order chi connectivity index (χ1) is 17.9. The van der Waals surface area contributed by atoms with Gasteiger partial charge in [0, 0.05) is 37.8 Å². The van der Waals surface area contributed by atoms with Crippen LogP contribution in [-0.4, -0.2) is 41.0 Å². The van der Waals surface area contributed by atoms with E-state index < -0.39 is 5.41 Å². The molecule has 5 rings (SSSR count). The lowest BCUT2D eigenvalue weighted by atomic mass is 9.31. The zero-order chi connectivity index (χ0) is 29.0. The van der Waals surface area contributed by atoms with Gasteiger partial charge >= 0.3 is 0 Å². The number of hydroxylamine groups is 2. The molecule has 39 heavy (non-hydrogen) atoms. The van der Waals surface area contributed by atoms with Gasteiger partial charge in [0.1, 0.15) is 5.78 Å². The van der Waals surface area contributed by atoms with Gasteiger partial charge in [0.2, 0.25) is 5.91 Å². The van der Waals surface area contributed by atoms with Gasteiger partial charge in [0.05, 0.1) is 0 Å². The molecular weight excluding hydrogens is 488 g/mol. The normalized spacial score (nSPS) is 50.5. The zero-order valence-electron chi connectivity index (χ0n) is 26.1. The molecule has 1 unspecified atom stereocenters. The van der Waals surface area contributed by atoms with E-state index in [0.717, 1.165) is 62.9 Å². The second-order valence-electron chi connectivity index (χ2n) is 16.6. The van der Waals surface area contributed by atoms with Gasteiger partial charge in [-0.25, -0.2) is 5.06 Å². The summed E-state index contributed by atoms with van der Waals surface area (Å²) in [7, 11) is 1.45. The van der Waals surface area contributed by atoms with Crippen molar-refractivity contribution >= 4 is 17.6 Å². The fourth-order valence-electron chi connectivity index (χ4n) is 12.0. The van der Waals surface area contributed by atoms with E-state index in [4.69, 9.17) is 0 Å². The lowest BCUT2D eigenvalue weighted by Crippen LogP contribution is -2.70. The van der Waals surface area contributed by atoms with Crippen molar-refractivity contribution in [2.24, 2.45) is 56.2 Å². The Morgan fingerprint density at radius 2 is 1.51 bits per heavy atom. The predicted molar refractivity (Wildman–Crippen MR) is 152 cm³/mol. The highest BCUT2D eigenvalue weighted by Crippen LogP contribution is 2.76. The van der Waals surface area contributed by atoms with Gasteiger partial charge in [-0.05, 0) is 103 Å². The average molecular weight is 543 g/mol. The molecule has 5 aliphatic carbocycles. The molecule has 6 heteroatoms. The van der Waals surface area contributed by atoms with Crippen molar-refractivity contribution in [3.63, 3.8) is 0 Å². The summed E-state index contributed by atoms with van der Waals surface area (Å²) in [5, 5.41) is 14.1. The number of hydrogen-bond acceptors (Lipinski definition) is 4. The van der Waals surface area contributed by atoms with E-state index in [9.17, 15) is 19.6 Å². The highest BCUT2D eigenvalue weighted by Gasteiger charge is 2.72. The Labute approximate surface area is 236 Å². The van der Waals surface area contributed by atoms with E-state index in [1.807, 2.05) is 6.92 Å². The summed E-state index contributed by atoms with van der Waals surface area (Å²) in [4.78, 5) is 39.7. The van der Waals surface area contributed by atoms with Gasteiger partial charge in [0.15, 0.2) is 0 Å². The molecule has 0 radical (unpaired) electrons. The number of ketones is 1. The summed E-state index contributed by atoms with van der Waals surface area (Å²) in [6, 6.07) is 0.150. The van der Waals surface area contributed by atoms with Gasteiger partial charge in [0.25, 0.3) is 5.91 Å². The molecule has 0 spiro atoms. The lowest BCUT2D eigenvalue weighted by molar-refractivity contribution is -0.237. The molecule has 0 aromatic rings. The van der Waals surface area contributed by atoms with Crippen LogP contribution in [-0.2, 0) is 14.4 Å². The fraction of sp³-hybridized carbons (Fsp3) is 0.909. The Morgan fingerprint density at radius 1 is 0.872 bits per heavy atom. The van der Waals surface area contributed by atoms with Gasteiger partial charge in [-0.15, -0.1) is 0 Å². The third kappa shape index (κ3) is 3.85. The maximum Gasteiger partial charge on any atom is 0.251 e. The smallest absolute Gasteiger partial charge is 0.251 e. The van der Waals surface area contributed by atoms with Crippen molar-refractivity contribution in [2.45, 2.75) is 126 Å². The van der Waals surface area contributed by atoms with Crippen LogP contribution >= 0.6 is 0 Å². The van der Waals surface area contributed by atoms with E-state index >= 15 is 0 Å². The molecule has 0 aromatic heterocycles. The van der Waals surface area contributed by atoms with E-state index in [0.29, 0.717) is 24.0 Å². The maximum atomic E-state index is 14.6.